The Balaban J connectivity index is 1.59. The Hall–Kier alpha value is -2.39. The molecule has 7 nitrogen and oxygen atoms in total. The smallest absolute Gasteiger partial charge is 0.257 e. The molecule has 1 aromatic carbocycles. The molecule has 0 spiro atoms. The van der Waals surface area contributed by atoms with Crippen LogP contribution in [0.3, 0.4) is 0 Å². The second kappa shape index (κ2) is 7.66. The summed E-state index contributed by atoms with van der Waals surface area (Å²) < 4.78 is 13.9. The summed E-state index contributed by atoms with van der Waals surface area (Å²) in [7, 11) is 0. The molecule has 0 saturated carbocycles. The zero-order chi connectivity index (χ0) is 17.8. The maximum atomic E-state index is 12.3. The zero-order valence-electron chi connectivity index (χ0n) is 14.0. The van der Waals surface area contributed by atoms with Crippen LogP contribution < -0.4 is 10.1 Å². The zero-order valence-corrected chi connectivity index (χ0v) is 15.6. The normalized spacial score (nSPS) is 10.9. The topological polar surface area (TPSA) is 89.9 Å². The molecule has 0 aliphatic heterocycles. The number of ether oxygens (including phenoxy) is 1. The minimum atomic E-state index is -0.224. The average Bonchev–Trinajstić information content (AvgIpc) is 3.22. The Bertz CT molecular complexity index is 858. The first kappa shape index (κ1) is 17.4. The lowest BCUT2D eigenvalue weighted by molar-refractivity contribution is 0.102. The van der Waals surface area contributed by atoms with Crippen LogP contribution in [0.1, 0.15) is 46.5 Å². The van der Waals surface area contributed by atoms with E-state index in [1.807, 2.05) is 20.8 Å². The van der Waals surface area contributed by atoms with E-state index in [0.717, 1.165) is 16.4 Å². The van der Waals surface area contributed by atoms with Crippen LogP contribution in [0.2, 0.25) is 0 Å². The number of rotatable bonds is 6. The second-order valence-corrected chi connectivity index (χ2v) is 7.20. The van der Waals surface area contributed by atoms with Gasteiger partial charge in [-0.25, -0.2) is 0 Å². The lowest BCUT2D eigenvalue weighted by Gasteiger charge is -2.06. The molecule has 3 rings (SSSR count). The van der Waals surface area contributed by atoms with Gasteiger partial charge in [-0.15, -0.1) is 10.2 Å². The summed E-state index contributed by atoms with van der Waals surface area (Å²) in [5.74, 6) is 0.732. The van der Waals surface area contributed by atoms with E-state index in [-0.39, 0.29) is 11.8 Å². The SMILES string of the molecule is Cc1nsnc1COc1ccc(C(=O)Nc2nnc(C(C)C)s2)cc1. The minimum absolute atomic E-state index is 0.224. The molecular formula is C16H17N5O2S2. The van der Waals surface area contributed by atoms with Crippen LogP contribution in [0.25, 0.3) is 0 Å². The van der Waals surface area contributed by atoms with Crippen LogP contribution >= 0.6 is 23.1 Å². The Morgan fingerprint density at radius 1 is 1.20 bits per heavy atom. The van der Waals surface area contributed by atoms with Crippen molar-refractivity contribution in [3.05, 3.63) is 46.2 Å². The molecule has 0 fully saturated rings. The number of nitrogens with one attached hydrogen (secondary N) is 1. The van der Waals surface area contributed by atoms with E-state index in [9.17, 15) is 4.79 Å². The highest BCUT2D eigenvalue weighted by Gasteiger charge is 2.12. The van der Waals surface area contributed by atoms with Crippen molar-refractivity contribution in [2.24, 2.45) is 0 Å². The lowest BCUT2D eigenvalue weighted by atomic mass is 10.2. The number of benzene rings is 1. The van der Waals surface area contributed by atoms with Gasteiger partial charge in [-0.05, 0) is 31.2 Å². The number of hydrogen-bond acceptors (Lipinski definition) is 8. The first-order valence-electron chi connectivity index (χ1n) is 7.68. The standard InChI is InChI=1S/C16H17N5O2S2/c1-9(2)15-18-19-16(24-15)17-14(22)11-4-6-12(7-5-11)23-8-13-10(3)20-25-21-13/h4-7,9H,8H2,1-3H3,(H,17,19,22). The average molecular weight is 375 g/mol. The molecule has 0 unspecified atom stereocenters. The summed E-state index contributed by atoms with van der Waals surface area (Å²) in [5.41, 5.74) is 2.23. The van der Waals surface area contributed by atoms with Crippen LogP contribution in [0.5, 0.6) is 5.75 Å². The van der Waals surface area contributed by atoms with E-state index in [0.29, 0.717) is 23.1 Å². The van der Waals surface area contributed by atoms with Crippen molar-refractivity contribution in [2.45, 2.75) is 33.3 Å². The van der Waals surface area contributed by atoms with Gasteiger partial charge in [0.25, 0.3) is 5.91 Å². The second-order valence-electron chi connectivity index (χ2n) is 5.66. The number of nitrogens with zero attached hydrogens (tertiary/aromatic N) is 4. The number of carbonyl (C=O) groups is 1. The van der Waals surface area contributed by atoms with Crippen molar-refractivity contribution in [2.75, 3.05) is 5.32 Å². The number of anilines is 1. The van der Waals surface area contributed by atoms with Gasteiger partial charge in [0, 0.05) is 11.5 Å². The number of hydrogen-bond donors (Lipinski definition) is 1. The highest BCUT2D eigenvalue weighted by atomic mass is 32.1. The third kappa shape index (κ3) is 4.37. The fourth-order valence-electron chi connectivity index (χ4n) is 1.92. The molecular weight excluding hydrogens is 358 g/mol. The molecule has 0 atom stereocenters. The molecule has 0 bridgehead atoms. The molecule has 3 aromatic rings. The van der Waals surface area contributed by atoms with Crippen LogP contribution in [0.4, 0.5) is 5.13 Å². The summed E-state index contributed by atoms with van der Waals surface area (Å²) in [6.45, 7) is 6.33. The third-order valence-corrected chi connectivity index (χ3v) is 5.19. The van der Waals surface area contributed by atoms with Crippen LogP contribution in [0.15, 0.2) is 24.3 Å². The highest BCUT2D eigenvalue weighted by Crippen LogP contribution is 2.23. The molecule has 0 saturated heterocycles. The molecule has 0 radical (unpaired) electrons. The number of carbonyl (C=O) groups excluding carboxylic acids is 1. The Morgan fingerprint density at radius 3 is 2.56 bits per heavy atom. The molecule has 2 aromatic heterocycles. The molecule has 1 N–H and O–H groups in total. The monoisotopic (exact) mass is 375 g/mol. The minimum Gasteiger partial charge on any atom is -0.487 e. The first-order chi connectivity index (χ1) is 12.0. The van der Waals surface area contributed by atoms with Crippen molar-refractivity contribution in [3.63, 3.8) is 0 Å². The van der Waals surface area contributed by atoms with Gasteiger partial charge in [0.05, 0.1) is 17.4 Å². The molecule has 9 heteroatoms. The van der Waals surface area contributed by atoms with E-state index < -0.39 is 0 Å². The predicted octanol–water partition coefficient (Wildman–Crippen LogP) is 3.65. The van der Waals surface area contributed by atoms with Gasteiger partial charge < -0.3 is 4.74 Å². The Kier molecular flexibility index (Phi) is 5.34. The van der Waals surface area contributed by atoms with E-state index in [4.69, 9.17) is 4.74 Å². The summed E-state index contributed by atoms with van der Waals surface area (Å²) in [6.07, 6.45) is 0. The molecule has 2 heterocycles. The number of amides is 1. The molecule has 130 valence electrons. The quantitative estimate of drug-likeness (QED) is 0.707. The predicted molar refractivity (Wildman–Crippen MR) is 97.4 cm³/mol. The first-order valence-corrected chi connectivity index (χ1v) is 9.23. The van der Waals surface area contributed by atoms with Gasteiger partial charge in [-0.3, -0.25) is 10.1 Å². The molecule has 0 aliphatic rings. The van der Waals surface area contributed by atoms with Crippen molar-refractivity contribution >= 4 is 34.1 Å². The highest BCUT2D eigenvalue weighted by molar-refractivity contribution is 7.15. The summed E-state index contributed by atoms with van der Waals surface area (Å²) in [6, 6.07) is 6.93. The molecule has 1 amide bonds. The van der Waals surface area contributed by atoms with E-state index in [1.54, 1.807) is 24.3 Å². The van der Waals surface area contributed by atoms with Crippen molar-refractivity contribution in [1.29, 1.82) is 0 Å². The van der Waals surface area contributed by atoms with Gasteiger partial charge in [-0.2, -0.15) is 8.75 Å². The molecule has 25 heavy (non-hydrogen) atoms. The van der Waals surface area contributed by atoms with Gasteiger partial charge in [0.2, 0.25) is 5.13 Å². The fraction of sp³-hybridized carbons (Fsp3) is 0.312. The number of aromatic nitrogens is 4. The van der Waals surface area contributed by atoms with Crippen LogP contribution in [-0.2, 0) is 6.61 Å². The Morgan fingerprint density at radius 2 is 1.96 bits per heavy atom. The van der Waals surface area contributed by atoms with E-state index in [1.165, 1.54) is 23.1 Å². The van der Waals surface area contributed by atoms with Crippen LogP contribution in [-0.4, -0.2) is 24.9 Å². The lowest BCUT2D eigenvalue weighted by Crippen LogP contribution is -2.11. The van der Waals surface area contributed by atoms with E-state index >= 15 is 0 Å². The summed E-state index contributed by atoms with van der Waals surface area (Å²) in [5, 5.41) is 12.2. The van der Waals surface area contributed by atoms with Crippen molar-refractivity contribution in [1.82, 2.24) is 18.9 Å². The van der Waals surface area contributed by atoms with Gasteiger partial charge in [0.15, 0.2) is 0 Å². The fourth-order valence-corrected chi connectivity index (χ4v) is 3.22. The van der Waals surface area contributed by atoms with Crippen LogP contribution in [0, 0.1) is 6.92 Å². The van der Waals surface area contributed by atoms with Crippen molar-refractivity contribution in [3.8, 4) is 5.75 Å². The maximum absolute atomic E-state index is 12.3. The third-order valence-electron chi connectivity index (χ3n) is 3.39. The maximum Gasteiger partial charge on any atom is 0.257 e. The van der Waals surface area contributed by atoms with Gasteiger partial charge >= 0.3 is 0 Å². The molecule has 0 aliphatic carbocycles. The largest absolute Gasteiger partial charge is 0.487 e. The van der Waals surface area contributed by atoms with Gasteiger partial charge in [-0.1, -0.05) is 25.2 Å². The number of aryl methyl sites for hydroxylation is 1. The summed E-state index contributed by atoms with van der Waals surface area (Å²) in [4.78, 5) is 12.3. The van der Waals surface area contributed by atoms with Gasteiger partial charge in [0.1, 0.15) is 23.1 Å². The van der Waals surface area contributed by atoms with Crippen molar-refractivity contribution < 1.29 is 9.53 Å². The summed E-state index contributed by atoms with van der Waals surface area (Å²) >= 11 is 2.55. The van der Waals surface area contributed by atoms with E-state index in [2.05, 4.69) is 24.3 Å². The Labute approximate surface area is 153 Å².